The number of carbonyl (C=O) groups excluding carboxylic acids is 2. The summed E-state index contributed by atoms with van der Waals surface area (Å²) in [6, 6.07) is 23.2. The fourth-order valence-electron chi connectivity index (χ4n) is 3.76. The number of likely N-dealkylation sites (N-methyl/N-ethyl adjacent to an activating group) is 1. The molecule has 1 N–H and O–H groups in total. The Kier molecular flexibility index (Phi) is 8.23. The predicted octanol–water partition coefficient (Wildman–Crippen LogP) is 4.99. The fourth-order valence-corrected chi connectivity index (χ4v) is 4.03. The first-order valence-electron chi connectivity index (χ1n) is 10.7. The van der Waals surface area contributed by atoms with E-state index in [0.29, 0.717) is 13.0 Å². The third-order valence-electron chi connectivity index (χ3n) is 5.63. The van der Waals surface area contributed by atoms with Gasteiger partial charge < -0.3 is 10.2 Å². The Balaban J connectivity index is 1.96. The van der Waals surface area contributed by atoms with Gasteiger partial charge in [-0.3, -0.25) is 9.59 Å². The summed E-state index contributed by atoms with van der Waals surface area (Å²) in [7, 11) is 1.62. The van der Waals surface area contributed by atoms with Crippen LogP contribution >= 0.6 is 15.9 Å². The molecule has 0 aliphatic heterocycles. The largest absolute Gasteiger partial charge is 0.357 e. The number of benzene rings is 3. The highest BCUT2D eigenvalue weighted by Crippen LogP contribution is 2.19. The van der Waals surface area contributed by atoms with E-state index >= 15 is 0 Å². The zero-order chi connectivity index (χ0) is 23.1. The van der Waals surface area contributed by atoms with Crippen LogP contribution in [0.3, 0.4) is 0 Å². The minimum Gasteiger partial charge on any atom is -0.357 e. The molecule has 0 fully saturated rings. The summed E-state index contributed by atoms with van der Waals surface area (Å²) in [4.78, 5) is 28.3. The van der Waals surface area contributed by atoms with Crippen molar-refractivity contribution in [3.8, 4) is 0 Å². The highest BCUT2D eigenvalue weighted by Gasteiger charge is 2.30. The van der Waals surface area contributed by atoms with E-state index < -0.39 is 6.04 Å². The van der Waals surface area contributed by atoms with E-state index in [-0.39, 0.29) is 18.2 Å². The molecule has 4 nitrogen and oxygen atoms in total. The van der Waals surface area contributed by atoms with Crippen molar-refractivity contribution in [2.24, 2.45) is 0 Å². The molecule has 0 aliphatic rings. The maximum Gasteiger partial charge on any atom is 0.242 e. The summed E-state index contributed by atoms with van der Waals surface area (Å²) in [6.45, 7) is 4.40. The number of amides is 2. The second-order valence-corrected chi connectivity index (χ2v) is 8.99. The number of nitrogens with one attached hydrogen (secondary N) is 1. The summed E-state index contributed by atoms with van der Waals surface area (Å²) in [6.07, 6.45) is 0.710. The van der Waals surface area contributed by atoms with Crippen molar-refractivity contribution in [2.45, 2.75) is 39.3 Å². The molecule has 5 heteroatoms. The smallest absolute Gasteiger partial charge is 0.242 e. The molecule has 0 unspecified atom stereocenters. The summed E-state index contributed by atoms with van der Waals surface area (Å²) >= 11 is 3.46. The molecule has 0 heterocycles. The minimum atomic E-state index is -0.608. The normalized spacial score (nSPS) is 11.6. The number of hydrogen-bond acceptors (Lipinski definition) is 2. The maximum absolute atomic E-state index is 13.6. The molecule has 1 atom stereocenters. The first-order valence-corrected chi connectivity index (χ1v) is 11.5. The molecule has 0 aliphatic carbocycles. The van der Waals surface area contributed by atoms with Gasteiger partial charge in [-0.2, -0.15) is 0 Å². The summed E-state index contributed by atoms with van der Waals surface area (Å²) in [5, 5.41) is 2.76. The number of rotatable bonds is 8. The van der Waals surface area contributed by atoms with Crippen LogP contribution in [-0.2, 0) is 29.0 Å². The zero-order valence-electron chi connectivity index (χ0n) is 18.8. The van der Waals surface area contributed by atoms with Crippen molar-refractivity contribution in [3.63, 3.8) is 0 Å². The SMILES string of the molecule is CNC(=O)[C@H](Cc1ccccc1)N(Cc1ccc(Br)cc1)C(=O)Cc1cc(C)ccc1C. The number of nitrogens with zero attached hydrogens (tertiary/aromatic N) is 1. The third-order valence-corrected chi connectivity index (χ3v) is 6.16. The molecular weight excluding hydrogens is 464 g/mol. The average Bonchev–Trinajstić information content (AvgIpc) is 2.80. The molecular formula is C27H29BrN2O2. The molecule has 166 valence electrons. The Morgan fingerprint density at radius 1 is 0.938 bits per heavy atom. The Morgan fingerprint density at radius 3 is 2.28 bits per heavy atom. The maximum atomic E-state index is 13.6. The van der Waals surface area contributed by atoms with Gasteiger partial charge in [0.05, 0.1) is 6.42 Å². The lowest BCUT2D eigenvalue weighted by molar-refractivity contribution is -0.140. The molecule has 3 rings (SSSR count). The Hall–Kier alpha value is -2.92. The second kappa shape index (κ2) is 11.1. The third kappa shape index (κ3) is 6.30. The van der Waals surface area contributed by atoms with Crippen LogP contribution in [0.25, 0.3) is 0 Å². The number of carbonyl (C=O) groups is 2. The molecule has 0 bridgehead atoms. The Labute approximate surface area is 198 Å². The highest BCUT2D eigenvalue weighted by atomic mass is 79.9. The van der Waals surface area contributed by atoms with E-state index in [2.05, 4.69) is 27.3 Å². The molecule has 0 aromatic heterocycles. The summed E-state index contributed by atoms with van der Waals surface area (Å²) in [5.74, 6) is -0.230. The van der Waals surface area contributed by atoms with Gasteiger partial charge in [0.15, 0.2) is 0 Å². The van der Waals surface area contributed by atoms with Gasteiger partial charge in [-0.1, -0.05) is 82.2 Å². The monoisotopic (exact) mass is 492 g/mol. The van der Waals surface area contributed by atoms with Crippen molar-refractivity contribution in [1.82, 2.24) is 10.2 Å². The van der Waals surface area contributed by atoms with Crippen molar-refractivity contribution < 1.29 is 9.59 Å². The van der Waals surface area contributed by atoms with Crippen molar-refractivity contribution >= 4 is 27.7 Å². The standard InChI is InChI=1S/C27H29BrN2O2/c1-19-9-10-20(2)23(15-19)17-26(31)30(18-22-11-13-24(28)14-12-22)25(27(32)29-3)16-21-7-5-4-6-8-21/h4-15,25H,16-18H2,1-3H3,(H,29,32)/t25-/m0/s1. The number of halogens is 1. The molecule has 0 radical (unpaired) electrons. The second-order valence-electron chi connectivity index (χ2n) is 8.07. The topological polar surface area (TPSA) is 49.4 Å². The van der Waals surface area contributed by atoms with E-state index in [1.165, 1.54) is 0 Å². The van der Waals surface area contributed by atoms with E-state index in [9.17, 15) is 9.59 Å². The van der Waals surface area contributed by atoms with Crippen molar-refractivity contribution in [3.05, 3.63) is 105 Å². The highest BCUT2D eigenvalue weighted by molar-refractivity contribution is 9.10. The molecule has 0 spiro atoms. The minimum absolute atomic E-state index is 0.0638. The lowest BCUT2D eigenvalue weighted by atomic mass is 9.99. The van der Waals surface area contributed by atoms with Crippen molar-refractivity contribution in [2.75, 3.05) is 7.05 Å². The summed E-state index contributed by atoms with van der Waals surface area (Å²) < 4.78 is 0.974. The Bertz CT molecular complexity index is 1060. The van der Waals surface area contributed by atoms with Gasteiger partial charge in [0.25, 0.3) is 0 Å². The van der Waals surface area contributed by atoms with Gasteiger partial charge in [0.1, 0.15) is 6.04 Å². The van der Waals surface area contributed by atoms with Gasteiger partial charge in [-0.15, -0.1) is 0 Å². The quantitative estimate of drug-likeness (QED) is 0.481. The van der Waals surface area contributed by atoms with Crippen LogP contribution in [0, 0.1) is 13.8 Å². The molecule has 0 saturated heterocycles. The first-order chi connectivity index (χ1) is 15.4. The lowest BCUT2D eigenvalue weighted by Gasteiger charge is -2.31. The summed E-state index contributed by atoms with van der Waals surface area (Å²) in [5.41, 5.74) is 5.18. The lowest BCUT2D eigenvalue weighted by Crippen LogP contribution is -2.50. The number of aryl methyl sites for hydroxylation is 2. The van der Waals surface area contributed by atoms with Gasteiger partial charge in [-0.25, -0.2) is 0 Å². The Morgan fingerprint density at radius 2 is 1.62 bits per heavy atom. The van der Waals surface area contributed by atoms with Gasteiger partial charge in [0, 0.05) is 24.5 Å². The first kappa shape index (κ1) is 23.7. The van der Waals surface area contributed by atoms with E-state index in [4.69, 9.17) is 0 Å². The molecule has 0 saturated carbocycles. The molecule has 3 aromatic rings. The van der Waals surface area contributed by atoms with Crippen LogP contribution in [0.4, 0.5) is 0 Å². The molecule has 32 heavy (non-hydrogen) atoms. The van der Waals surface area contributed by atoms with Crippen LogP contribution in [0.5, 0.6) is 0 Å². The van der Waals surface area contributed by atoms with Gasteiger partial charge in [-0.05, 0) is 48.2 Å². The molecule has 3 aromatic carbocycles. The number of hydrogen-bond donors (Lipinski definition) is 1. The van der Waals surface area contributed by atoms with Crippen molar-refractivity contribution in [1.29, 1.82) is 0 Å². The van der Waals surface area contributed by atoms with Crippen LogP contribution in [0.15, 0.2) is 77.3 Å². The fraction of sp³-hybridized carbons (Fsp3) is 0.259. The van der Waals surface area contributed by atoms with Crippen LogP contribution < -0.4 is 5.32 Å². The van der Waals surface area contributed by atoms with E-state index in [1.807, 2.05) is 80.6 Å². The molecule has 2 amide bonds. The van der Waals surface area contributed by atoms with Crippen LogP contribution in [0.1, 0.15) is 27.8 Å². The predicted molar refractivity (Wildman–Crippen MR) is 132 cm³/mol. The van der Waals surface area contributed by atoms with Gasteiger partial charge in [0.2, 0.25) is 11.8 Å². The zero-order valence-corrected chi connectivity index (χ0v) is 20.4. The van der Waals surface area contributed by atoms with Gasteiger partial charge >= 0.3 is 0 Å². The average molecular weight is 493 g/mol. The van der Waals surface area contributed by atoms with E-state index in [1.54, 1.807) is 11.9 Å². The van der Waals surface area contributed by atoms with Crippen LogP contribution in [-0.4, -0.2) is 29.8 Å². The van der Waals surface area contributed by atoms with E-state index in [0.717, 1.165) is 32.3 Å². The van der Waals surface area contributed by atoms with Crippen LogP contribution in [0.2, 0.25) is 0 Å².